The first-order valence-corrected chi connectivity index (χ1v) is 14.5. The number of methoxy groups -OCH3 is 2. The molecule has 0 bridgehead atoms. The number of hydrogen-bond donors (Lipinski definition) is 3. The zero-order valence-corrected chi connectivity index (χ0v) is 25.1. The average molecular weight is 606 g/mol. The minimum Gasteiger partial charge on any atom is -0.507 e. The second-order valence-corrected chi connectivity index (χ2v) is 10.8. The number of ether oxygens (including phenoxy) is 2. The van der Waals surface area contributed by atoms with Crippen molar-refractivity contribution in [1.29, 1.82) is 0 Å². The van der Waals surface area contributed by atoms with Gasteiger partial charge in [-0.05, 0) is 60.0 Å². The molecule has 0 aliphatic carbocycles. The minimum absolute atomic E-state index is 0.126. The van der Waals surface area contributed by atoms with Gasteiger partial charge in [-0.2, -0.15) is 0 Å². The summed E-state index contributed by atoms with van der Waals surface area (Å²) in [6.07, 6.45) is 0.379. The number of para-hydroxylation sites is 2. The number of carbonyl (C=O) groups excluding carboxylic acids is 1. The van der Waals surface area contributed by atoms with Gasteiger partial charge >= 0.3 is 0 Å². The maximum atomic E-state index is 14.7. The van der Waals surface area contributed by atoms with E-state index in [1.54, 1.807) is 61.6 Å². The van der Waals surface area contributed by atoms with Crippen molar-refractivity contribution in [2.75, 3.05) is 20.8 Å². The molecule has 4 aromatic carbocycles. The number of benzene rings is 4. The van der Waals surface area contributed by atoms with Gasteiger partial charge in [0.15, 0.2) is 0 Å². The van der Waals surface area contributed by atoms with Crippen LogP contribution in [-0.2, 0) is 13.5 Å². The second kappa shape index (κ2) is 12.2. The number of amides is 1. The highest BCUT2D eigenvalue weighted by Crippen LogP contribution is 2.41. The predicted molar refractivity (Wildman–Crippen MR) is 172 cm³/mol. The Kier molecular flexibility index (Phi) is 8.00. The number of halogens is 1. The molecule has 2 heterocycles. The molecule has 3 N–H and O–H groups in total. The van der Waals surface area contributed by atoms with Gasteiger partial charge in [-0.25, -0.2) is 4.39 Å². The van der Waals surface area contributed by atoms with Gasteiger partial charge in [0.1, 0.15) is 23.1 Å². The quantitative estimate of drug-likeness (QED) is 0.187. The van der Waals surface area contributed by atoms with E-state index in [-0.39, 0.29) is 23.8 Å². The van der Waals surface area contributed by atoms with Crippen molar-refractivity contribution in [1.82, 2.24) is 14.9 Å². The molecule has 0 spiro atoms. The SMILES string of the molecule is COc1ccc(C(=O)NCCc2c(C(c3cccc(F)c3)c3c(O)c4ccccc4n(C)c3=O)[nH]c3ccccc23)c(OC)c1. The molecule has 6 rings (SSSR count). The molecule has 228 valence electrons. The fourth-order valence-corrected chi connectivity index (χ4v) is 6.05. The van der Waals surface area contributed by atoms with Crippen LogP contribution in [0, 0.1) is 5.82 Å². The van der Waals surface area contributed by atoms with Crippen LogP contribution in [0.4, 0.5) is 4.39 Å². The number of aryl methyl sites for hydroxylation is 1. The first kappa shape index (κ1) is 29.5. The van der Waals surface area contributed by atoms with Crippen LogP contribution in [-0.4, -0.2) is 41.3 Å². The molecule has 6 aromatic rings. The Morgan fingerprint density at radius 2 is 1.71 bits per heavy atom. The number of aromatic amines is 1. The van der Waals surface area contributed by atoms with Crippen LogP contribution in [0.1, 0.15) is 38.7 Å². The summed E-state index contributed by atoms with van der Waals surface area (Å²) in [6, 6.07) is 25.8. The summed E-state index contributed by atoms with van der Waals surface area (Å²) in [5.74, 6) is -0.838. The number of aromatic hydroxyl groups is 1. The molecule has 0 aliphatic heterocycles. The third kappa shape index (κ3) is 5.37. The molecule has 0 radical (unpaired) electrons. The van der Waals surface area contributed by atoms with E-state index in [0.29, 0.717) is 45.6 Å². The highest BCUT2D eigenvalue weighted by atomic mass is 19.1. The lowest BCUT2D eigenvalue weighted by Gasteiger charge is -2.22. The highest BCUT2D eigenvalue weighted by Gasteiger charge is 2.30. The van der Waals surface area contributed by atoms with Crippen LogP contribution in [0.25, 0.3) is 21.8 Å². The van der Waals surface area contributed by atoms with Gasteiger partial charge in [0.25, 0.3) is 11.5 Å². The van der Waals surface area contributed by atoms with Crippen LogP contribution >= 0.6 is 0 Å². The summed E-state index contributed by atoms with van der Waals surface area (Å²) >= 11 is 0. The van der Waals surface area contributed by atoms with E-state index >= 15 is 0 Å². The van der Waals surface area contributed by atoms with Gasteiger partial charge in [0, 0.05) is 41.6 Å². The minimum atomic E-state index is -0.844. The van der Waals surface area contributed by atoms with Crippen LogP contribution in [0.2, 0.25) is 0 Å². The molecule has 8 nitrogen and oxygen atoms in total. The van der Waals surface area contributed by atoms with E-state index in [0.717, 1.165) is 16.5 Å². The molecule has 1 unspecified atom stereocenters. The Bertz CT molecular complexity index is 2120. The molecule has 1 atom stereocenters. The van der Waals surface area contributed by atoms with Gasteiger partial charge in [0.05, 0.1) is 36.8 Å². The molecule has 0 fully saturated rings. The molecule has 0 saturated heterocycles. The van der Waals surface area contributed by atoms with Gasteiger partial charge in [-0.3, -0.25) is 9.59 Å². The fourth-order valence-electron chi connectivity index (χ4n) is 6.05. The number of nitrogens with zero attached hydrogens (tertiary/aromatic N) is 1. The average Bonchev–Trinajstić information content (AvgIpc) is 3.42. The maximum absolute atomic E-state index is 14.7. The van der Waals surface area contributed by atoms with Crippen LogP contribution in [0.5, 0.6) is 17.2 Å². The van der Waals surface area contributed by atoms with E-state index in [1.165, 1.54) is 30.9 Å². The van der Waals surface area contributed by atoms with E-state index < -0.39 is 17.3 Å². The number of fused-ring (bicyclic) bond motifs is 2. The van der Waals surface area contributed by atoms with Gasteiger partial charge in [0.2, 0.25) is 0 Å². The van der Waals surface area contributed by atoms with Gasteiger partial charge in [-0.1, -0.05) is 42.5 Å². The molecule has 9 heteroatoms. The van der Waals surface area contributed by atoms with E-state index in [9.17, 15) is 19.1 Å². The van der Waals surface area contributed by atoms with Crippen LogP contribution in [0.15, 0.2) is 95.8 Å². The summed E-state index contributed by atoms with van der Waals surface area (Å²) in [5, 5.41) is 16.0. The second-order valence-electron chi connectivity index (χ2n) is 10.8. The lowest BCUT2D eigenvalue weighted by Crippen LogP contribution is -2.27. The van der Waals surface area contributed by atoms with Crippen molar-refractivity contribution >= 4 is 27.7 Å². The zero-order chi connectivity index (χ0) is 31.7. The largest absolute Gasteiger partial charge is 0.507 e. The molecule has 0 aliphatic rings. The molecule has 1 amide bonds. The molecule has 2 aromatic heterocycles. The lowest BCUT2D eigenvalue weighted by molar-refractivity contribution is 0.0951. The third-order valence-corrected chi connectivity index (χ3v) is 8.23. The number of pyridine rings is 1. The third-order valence-electron chi connectivity index (χ3n) is 8.23. The number of nitrogens with one attached hydrogen (secondary N) is 2. The maximum Gasteiger partial charge on any atom is 0.258 e. The summed E-state index contributed by atoms with van der Waals surface area (Å²) in [7, 11) is 4.69. The Morgan fingerprint density at radius 3 is 2.47 bits per heavy atom. The summed E-state index contributed by atoms with van der Waals surface area (Å²) in [4.78, 5) is 30.7. The standard InChI is InChI=1S/C36H32FN3O5/c1-40-29-14-7-5-12-26(29)34(41)32(36(40)43)31(21-9-8-10-22(37)19-21)33-25(24-11-4-6-13-28(24)39-33)17-18-38-35(42)27-16-15-23(44-2)20-30(27)45-3/h4-16,19-20,31,39,41H,17-18H2,1-3H3,(H,38,42). The Morgan fingerprint density at radius 1 is 0.956 bits per heavy atom. The summed E-state index contributed by atoms with van der Waals surface area (Å²) in [6.45, 7) is 0.250. The molecular formula is C36H32FN3O5. The van der Waals surface area contributed by atoms with Crippen molar-refractivity contribution in [3.8, 4) is 17.2 Å². The number of rotatable bonds is 9. The Labute approximate surface area is 258 Å². The molecule has 45 heavy (non-hydrogen) atoms. The monoisotopic (exact) mass is 605 g/mol. The molecule has 0 saturated carbocycles. The fraction of sp³-hybridized carbons (Fsp3) is 0.167. The van der Waals surface area contributed by atoms with Crippen molar-refractivity contribution in [2.45, 2.75) is 12.3 Å². The number of H-pyrrole nitrogens is 1. The predicted octanol–water partition coefficient (Wildman–Crippen LogP) is 6.03. The van der Waals surface area contributed by atoms with Crippen molar-refractivity contribution < 1.29 is 23.8 Å². The smallest absolute Gasteiger partial charge is 0.258 e. The lowest BCUT2D eigenvalue weighted by atomic mass is 9.85. The zero-order valence-electron chi connectivity index (χ0n) is 25.1. The molecular weight excluding hydrogens is 573 g/mol. The highest BCUT2D eigenvalue weighted by molar-refractivity contribution is 5.97. The number of hydrogen-bond acceptors (Lipinski definition) is 5. The van der Waals surface area contributed by atoms with Crippen molar-refractivity contribution in [3.63, 3.8) is 0 Å². The van der Waals surface area contributed by atoms with Gasteiger partial charge in [-0.15, -0.1) is 0 Å². The van der Waals surface area contributed by atoms with E-state index in [2.05, 4.69) is 10.3 Å². The Balaban J connectivity index is 1.47. The van der Waals surface area contributed by atoms with Crippen LogP contribution in [0.3, 0.4) is 0 Å². The first-order valence-electron chi connectivity index (χ1n) is 14.5. The summed E-state index contributed by atoms with van der Waals surface area (Å²) in [5.41, 5.74) is 3.43. The van der Waals surface area contributed by atoms with E-state index in [4.69, 9.17) is 9.47 Å². The van der Waals surface area contributed by atoms with Gasteiger partial charge < -0.3 is 29.4 Å². The Hall–Kier alpha value is -5.57. The number of aromatic nitrogens is 2. The van der Waals surface area contributed by atoms with Crippen LogP contribution < -0.4 is 20.3 Å². The first-order chi connectivity index (χ1) is 21.8. The van der Waals surface area contributed by atoms with Crippen molar-refractivity contribution in [2.24, 2.45) is 7.05 Å². The normalized spacial score (nSPS) is 11.9. The van der Waals surface area contributed by atoms with Crippen molar-refractivity contribution in [3.05, 3.63) is 135 Å². The summed E-state index contributed by atoms with van der Waals surface area (Å²) < 4.78 is 26.9. The van der Waals surface area contributed by atoms with E-state index in [1.807, 2.05) is 24.3 Å². The number of carbonyl (C=O) groups is 1. The topological polar surface area (TPSA) is 106 Å².